The number of anilines is 3. The number of phenolic OH excluding ortho intramolecular Hbond substituents is 1. The van der Waals surface area contributed by atoms with Crippen molar-refractivity contribution < 1.29 is 9.90 Å². The Labute approximate surface area is 137 Å². The quantitative estimate of drug-likeness (QED) is 0.298. The molecule has 0 saturated carbocycles. The van der Waals surface area contributed by atoms with Crippen molar-refractivity contribution in [2.24, 2.45) is 0 Å². The highest BCUT2D eigenvalue weighted by atomic mass is 35.5. The monoisotopic (exact) mass is 328 g/mol. The summed E-state index contributed by atoms with van der Waals surface area (Å²) >= 11 is 5.87. The van der Waals surface area contributed by atoms with Crippen molar-refractivity contribution in [2.45, 2.75) is 0 Å². The van der Waals surface area contributed by atoms with Gasteiger partial charge >= 0.3 is 0 Å². The highest BCUT2D eigenvalue weighted by Gasteiger charge is 2.10. The molecule has 23 heavy (non-hydrogen) atoms. The van der Waals surface area contributed by atoms with E-state index in [-0.39, 0.29) is 11.3 Å². The summed E-state index contributed by atoms with van der Waals surface area (Å²) < 4.78 is 0. The van der Waals surface area contributed by atoms with Gasteiger partial charge in [-0.2, -0.15) is 5.26 Å². The molecular weight excluding hydrogens is 316 g/mol. The van der Waals surface area contributed by atoms with Crippen molar-refractivity contribution in [1.29, 1.82) is 5.26 Å². The highest BCUT2D eigenvalue weighted by molar-refractivity contribution is 6.33. The number of nitrogens with zero attached hydrogens (tertiary/aromatic N) is 1. The Morgan fingerprint density at radius 2 is 2.04 bits per heavy atom. The van der Waals surface area contributed by atoms with Crippen LogP contribution in [0.4, 0.5) is 17.1 Å². The van der Waals surface area contributed by atoms with Crippen LogP contribution in [0.2, 0.25) is 5.02 Å². The van der Waals surface area contributed by atoms with Gasteiger partial charge in [0.25, 0.3) is 5.91 Å². The minimum Gasteiger partial charge on any atom is -0.506 e. The van der Waals surface area contributed by atoms with Crippen LogP contribution in [0.15, 0.2) is 54.2 Å². The number of nitrogens with two attached hydrogens (primary N) is 1. The first-order chi connectivity index (χ1) is 11.0. The molecule has 0 aromatic heterocycles. The van der Waals surface area contributed by atoms with E-state index in [4.69, 9.17) is 22.6 Å². The first kappa shape index (κ1) is 16.2. The van der Waals surface area contributed by atoms with E-state index in [0.717, 1.165) is 0 Å². The molecule has 0 heterocycles. The molecule has 2 rings (SSSR count). The summed E-state index contributed by atoms with van der Waals surface area (Å²) in [6.07, 6.45) is 1.21. The molecular formula is C16H13ClN4O2. The number of halogens is 1. The Balaban J connectivity index is 2.12. The molecule has 0 unspecified atom stereocenters. The van der Waals surface area contributed by atoms with Crippen LogP contribution in [-0.2, 0) is 4.79 Å². The predicted octanol–water partition coefficient (Wildman–Crippen LogP) is 3.09. The van der Waals surface area contributed by atoms with Crippen LogP contribution in [0.5, 0.6) is 5.75 Å². The maximum atomic E-state index is 12.1. The lowest BCUT2D eigenvalue weighted by atomic mass is 10.2. The van der Waals surface area contributed by atoms with E-state index in [1.54, 1.807) is 36.4 Å². The maximum Gasteiger partial charge on any atom is 0.267 e. The molecule has 1 amide bonds. The number of benzene rings is 2. The van der Waals surface area contributed by atoms with Gasteiger partial charge in [-0.1, -0.05) is 23.7 Å². The van der Waals surface area contributed by atoms with Crippen LogP contribution in [0.3, 0.4) is 0 Å². The van der Waals surface area contributed by atoms with E-state index < -0.39 is 5.91 Å². The number of nitriles is 1. The van der Waals surface area contributed by atoms with E-state index in [1.807, 2.05) is 0 Å². The number of carbonyl (C=O) groups is 1. The molecule has 6 nitrogen and oxygen atoms in total. The molecule has 2 aromatic carbocycles. The second-order valence-corrected chi connectivity index (χ2v) is 4.93. The second-order valence-electron chi connectivity index (χ2n) is 4.52. The van der Waals surface area contributed by atoms with Crippen molar-refractivity contribution >= 4 is 34.6 Å². The van der Waals surface area contributed by atoms with E-state index in [2.05, 4.69) is 10.6 Å². The van der Waals surface area contributed by atoms with Gasteiger partial charge in [-0.25, -0.2) is 0 Å². The molecule has 0 aliphatic rings. The van der Waals surface area contributed by atoms with Crippen molar-refractivity contribution in [3.05, 3.63) is 59.3 Å². The lowest BCUT2D eigenvalue weighted by Gasteiger charge is -2.07. The number of nitrogens with one attached hydrogen (secondary N) is 2. The zero-order valence-electron chi connectivity index (χ0n) is 11.9. The number of hydrogen-bond donors (Lipinski definition) is 4. The molecule has 0 radical (unpaired) electrons. The van der Waals surface area contributed by atoms with Gasteiger partial charge in [0.15, 0.2) is 0 Å². The van der Waals surface area contributed by atoms with E-state index in [1.165, 1.54) is 18.3 Å². The van der Waals surface area contributed by atoms with Crippen LogP contribution in [0.1, 0.15) is 0 Å². The van der Waals surface area contributed by atoms with Crippen LogP contribution in [-0.4, -0.2) is 11.0 Å². The number of rotatable bonds is 4. The summed E-state index contributed by atoms with van der Waals surface area (Å²) in [6.45, 7) is 0. The molecule has 116 valence electrons. The SMILES string of the molecule is N#C/C(=C/Nc1ccccc1O)C(=O)Nc1ccc(N)c(Cl)c1. The largest absolute Gasteiger partial charge is 0.506 e. The van der Waals surface area contributed by atoms with Gasteiger partial charge in [0.1, 0.15) is 17.4 Å². The highest BCUT2D eigenvalue weighted by Crippen LogP contribution is 2.23. The molecule has 0 bridgehead atoms. The number of amides is 1. The Morgan fingerprint density at radius 1 is 1.30 bits per heavy atom. The van der Waals surface area contributed by atoms with Crippen LogP contribution in [0.25, 0.3) is 0 Å². The van der Waals surface area contributed by atoms with Gasteiger partial charge in [-0.3, -0.25) is 4.79 Å². The fourth-order valence-corrected chi connectivity index (χ4v) is 1.88. The minimum atomic E-state index is -0.615. The van der Waals surface area contributed by atoms with Crippen molar-refractivity contribution in [3.8, 4) is 11.8 Å². The van der Waals surface area contributed by atoms with Crippen LogP contribution in [0, 0.1) is 11.3 Å². The smallest absolute Gasteiger partial charge is 0.267 e. The van der Waals surface area contributed by atoms with Gasteiger partial charge in [0.05, 0.1) is 16.4 Å². The summed E-state index contributed by atoms with van der Waals surface area (Å²) in [5.41, 5.74) is 6.61. The number of aromatic hydroxyl groups is 1. The zero-order valence-corrected chi connectivity index (χ0v) is 12.6. The number of carbonyl (C=O) groups excluding carboxylic acids is 1. The third-order valence-corrected chi connectivity index (χ3v) is 3.23. The Bertz CT molecular complexity index is 812. The standard InChI is InChI=1S/C16H13ClN4O2/c17-12-7-11(5-6-13(12)19)21-16(23)10(8-18)9-20-14-3-1-2-4-15(14)22/h1-7,9,20,22H,19H2,(H,21,23)/b10-9-. The fraction of sp³-hybridized carbons (Fsp3) is 0. The van der Waals surface area contributed by atoms with Gasteiger partial charge in [0.2, 0.25) is 0 Å². The molecule has 0 aliphatic carbocycles. The molecule has 5 N–H and O–H groups in total. The average molecular weight is 329 g/mol. The first-order valence-electron chi connectivity index (χ1n) is 6.52. The molecule has 0 atom stereocenters. The molecule has 0 aliphatic heterocycles. The molecule has 2 aromatic rings. The van der Waals surface area contributed by atoms with Gasteiger partial charge in [0, 0.05) is 11.9 Å². The van der Waals surface area contributed by atoms with Gasteiger partial charge in [-0.05, 0) is 30.3 Å². The van der Waals surface area contributed by atoms with Crippen LogP contribution >= 0.6 is 11.6 Å². The molecule has 0 fully saturated rings. The minimum absolute atomic E-state index is 0.00626. The second kappa shape index (κ2) is 7.20. The lowest BCUT2D eigenvalue weighted by molar-refractivity contribution is -0.112. The maximum absolute atomic E-state index is 12.1. The molecule has 7 heteroatoms. The third-order valence-electron chi connectivity index (χ3n) is 2.90. The number of hydrogen-bond acceptors (Lipinski definition) is 5. The summed E-state index contributed by atoms with van der Waals surface area (Å²) in [7, 11) is 0. The average Bonchev–Trinajstić information content (AvgIpc) is 2.53. The topological polar surface area (TPSA) is 111 Å². The van der Waals surface area contributed by atoms with E-state index >= 15 is 0 Å². The van der Waals surface area contributed by atoms with Crippen molar-refractivity contribution in [3.63, 3.8) is 0 Å². The lowest BCUT2D eigenvalue weighted by Crippen LogP contribution is -2.14. The fourth-order valence-electron chi connectivity index (χ4n) is 1.70. The van der Waals surface area contributed by atoms with Crippen molar-refractivity contribution in [1.82, 2.24) is 0 Å². The summed E-state index contributed by atoms with van der Waals surface area (Å²) in [4.78, 5) is 12.1. The third kappa shape index (κ3) is 4.15. The summed E-state index contributed by atoms with van der Waals surface area (Å²) in [6, 6.07) is 12.9. The normalized spacial score (nSPS) is 10.7. The molecule has 0 saturated heterocycles. The van der Waals surface area contributed by atoms with E-state index in [0.29, 0.717) is 22.1 Å². The first-order valence-corrected chi connectivity index (χ1v) is 6.90. The number of para-hydroxylation sites is 2. The Kier molecular flexibility index (Phi) is 5.07. The predicted molar refractivity (Wildman–Crippen MR) is 89.9 cm³/mol. The van der Waals surface area contributed by atoms with Crippen molar-refractivity contribution in [2.75, 3.05) is 16.4 Å². The zero-order chi connectivity index (χ0) is 16.8. The number of phenols is 1. The van der Waals surface area contributed by atoms with Gasteiger partial charge in [-0.15, -0.1) is 0 Å². The molecule has 0 spiro atoms. The van der Waals surface area contributed by atoms with Gasteiger partial charge < -0.3 is 21.5 Å². The van der Waals surface area contributed by atoms with E-state index in [9.17, 15) is 9.90 Å². The Morgan fingerprint density at radius 3 is 2.70 bits per heavy atom. The number of nitrogen functional groups attached to an aromatic ring is 1. The Hall–Kier alpha value is -3.17. The summed E-state index contributed by atoms with van der Waals surface area (Å²) in [5, 5.41) is 24.3. The summed E-state index contributed by atoms with van der Waals surface area (Å²) in [5.74, 6) is -0.608. The van der Waals surface area contributed by atoms with Crippen LogP contribution < -0.4 is 16.4 Å².